The van der Waals surface area contributed by atoms with Crippen LogP contribution in [-0.2, 0) is 21.1 Å². The van der Waals surface area contributed by atoms with E-state index in [1.807, 2.05) is 32.1 Å². The van der Waals surface area contributed by atoms with E-state index in [1.54, 1.807) is 54.5 Å². The minimum atomic E-state index is -3.27. The van der Waals surface area contributed by atoms with E-state index in [9.17, 15) is 13.2 Å². The van der Waals surface area contributed by atoms with Crippen molar-refractivity contribution in [2.24, 2.45) is 5.73 Å². The molecular weight excluding hydrogens is 452 g/mol. The van der Waals surface area contributed by atoms with E-state index in [1.165, 1.54) is 13.4 Å². The lowest BCUT2D eigenvalue weighted by atomic mass is 10.0. The third kappa shape index (κ3) is 6.95. The predicted octanol–water partition coefficient (Wildman–Crippen LogP) is 3.92. The lowest BCUT2D eigenvalue weighted by molar-refractivity contribution is -0.119. The topological polar surface area (TPSA) is 98.9 Å². The van der Waals surface area contributed by atoms with Crippen LogP contribution in [-0.4, -0.2) is 47.4 Å². The van der Waals surface area contributed by atoms with Crippen LogP contribution in [0.5, 0.6) is 11.5 Å². The molecule has 1 atom stereocenters. The van der Waals surface area contributed by atoms with Crippen molar-refractivity contribution in [3.05, 3.63) is 71.8 Å². The number of nitrogens with zero attached hydrogens (tertiary/aromatic N) is 1. The molecule has 8 heteroatoms. The summed E-state index contributed by atoms with van der Waals surface area (Å²) >= 11 is 0. The number of amides is 1. The first-order chi connectivity index (χ1) is 16.2. The molecule has 0 saturated carbocycles. The molecule has 1 unspecified atom stereocenters. The average molecular weight is 487 g/mol. The van der Waals surface area contributed by atoms with E-state index in [0.29, 0.717) is 30.2 Å². The molecule has 34 heavy (non-hydrogen) atoms. The van der Waals surface area contributed by atoms with Gasteiger partial charge in [-0.1, -0.05) is 37.3 Å². The number of carbonyl (C=O) groups excluding carboxylic acids is 1. The van der Waals surface area contributed by atoms with E-state index in [-0.39, 0.29) is 10.8 Å². The maximum absolute atomic E-state index is 13.6. The number of carbonyl (C=O) groups is 1. The zero-order valence-corrected chi connectivity index (χ0v) is 21.3. The molecule has 1 amide bonds. The Bertz CT molecular complexity index is 1140. The van der Waals surface area contributed by atoms with E-state index in [2.05, 4.69) is 0 Å². The highest BCUT2D eigenvalue weighted by atomic mass is 32.2. The number of ether oxygens (including phenoxy) is 2. The Kier molecular flexibility index (Phi) is 9.89. The van der Waals surface area contributed by atoms with Crippen LogP contribution in [0, 0.1) is 0 Å². The third-order valence-corrected chi connectivity index (χ3v) is 6.47. The van der Waals surface area contributed by atoms with E-state index in [0.717, 1.165) is 17.6 Å². The number of anilines is 1. The summed E-state index contributed by atoms with van der Waals surface area (Å²) in [5.41, 5.74) is 8.68. The molecule has 0 heterocycles. The van der Waals surface area contributed by atoms with Gasteiger partial charge in [0, 0.05) is 24.6 Å². The fourth-order valence-electron chi connectivity index (χ4n) is 3.54. The van der Waals surface area contributed by atoms with E-state index in [4.69, 9.17) is 15.2 Å². The Balaban J connectivity index is 2.41. The van der Waals surface area contributed by atoms with Gasteiger partial charge in [0.1, 0.15) is 6.04 Å². The molecule has 7 nitrogen and oxygen atoms in total. The van der Waals surface area contributed by atoms with Crippen molar-refractivity contribution in [2.75, 3.05) is 31.9 Å². The van der Waals surface area contributed by atoms with Gasteiger partial charge in [0.2, 0.25) is 5.91 Å². The van der Waals surface area contributed by atoms with E-state index >= 15 is 0 Å². The SMILES string of the molecule is C/C=C\C(=C/CC)C(N)C(=O)N(CCc1ccc(S(C)(=O)=O)cc1)c1ccc(OC)c(OC)c1. The van der Waals surface area contributed by atoms with Crippen LogP contribution in [0.25, 0.3) is 0 Å². The number of sulfone groups is 1. The highest BCUT2D eigenvalue weighted by Gasteiger charge is 2.25. The van der Waals surface area contributed by atoms with Crippen LogP contribution in [0.2, 0.25) is 0 Å². The van der Waals surface area contributed by atoms with Gasteiger partial charge in [0.05, 0.1) is 19.1 Å². The Morgan fingerprint density at radius 2 is 1.74 bits per heavy atom. The Hall–Kier alpha value is -3.10. The summed E-state index contributed by atoms with van der Waals surface area (Å²) in [5.74, 6) is 0.805. The first-order valence-corrected chi connectivity index (χ1v) is 13.0. The minimum Gasteiger partial charge on any atom is -0.493 e. The largest absolute Gasteiger partial charge is 0.493 e. The smallest absolute Gasteiger partial charge is 0.248 e. The monoisotopic (exact) mass is 486 g/mol. The van der Waals surface area contributed by atoms with Crippen LogP contribution in [0.15, 0.2) is 71.2 Å². The molecule has 0 aliphatic carbocycles. The van der Waals surface area contributed by atoms with Crippen molar-refractivity contribution < 1.29 is 22.7 Å². The molecule has 2 N–H and O–H groups in total. The lowest BCUT2D eigenvalue weighted by Crippen LogP contribution is -2.45. The normalized spacial score (nSPS) is 13.1. The first-order valence-electron chi connectivity index (χ1n) is 11.1. The van der Waals surface area contributed by atoms with Gasteiger partial charge in [-0.2, -0.15) is 0 Å². The average Bonchev–Trinajstić information content (AvgIpc) is 2.83. The zero-order valence-electron chi connectivity index (χ0n) is 20.4. The molecule has 2 aromatic carbocycles. The Morgan fingerprint density at radius 3 is 2.26 bits per heavy atom. The number of allylic oxidation sites excluding steroid dienone is 2. The van der Waals surface area contributed by atoms with Crippen LogP contribution < -0.4 is 20.1 Å². The second-order valence-electron chi connectivity index (χ2n) is 7.79. The van der Waals surface area contributed by atoms with Crippen LogP contribution in [0.4, 0.5) is 5.69 Å². The number of benzene rings is 2. The highest BCUT2D eigenvalue weighted by molar-refractivity contribution is 7.90. The molecule has 0 aliphatic heterocycles. The number of rotatable bonds is 11. The zero-order chi connectivity index (χ0) is 25.3. The molecule has 0 aliphatic rings. The lowest BCUT2D eigenvalue weighted by Gasteiger charge is -2.27. The summed E-state index contributed by atoms with van der Waals surface area (Å²) < 4.78 is 34.2. The summed E-state index contributed by atoms with van der Waals surface area (Å²) in [5, 5.41) is 0. The van der Waals surface area contributed by atoms with Gasteiger partial charge >= 0.3 is 0 Å². The van der Waals surface area contributed by atoms with Crippen molar-refractivity contribution in [3.63, 3.8) is 0 Å². The van der Waals surface area contributed by atoms with Gasteiger partial charge in [0.25, 0.3) is 0 Å². The molecule has 0 spiro atoms. The van der Waals surface area contributed by atoms with Crippen LogP contribution >= 0.6 is 0 Å². The van der Waals surface area contributed by atoms with Crippen molar-refractivity contribution in [3.8, 4) is 11.5 Å². The third-order valence-electron chi connectivity index (χ3n) is 5.34. The fraction of sp³-hybridized carbons (Fsp3) is 0.346. The van der Waals surface area contributed by atoms with Gasteiger partial charge in [-0.15, -0.1) is 0 Å². The van der Waals surface area contributed by atoms with Crippen molar-refractivity contribution in [1.82, 2.24) is 0 Å². The van der Waals surface area contributed by atoms with Gasteiger partial charge in [0.15, 0.2) is 21.3 Å². The summed E-state index contributed by atoms with van der Waals surface area (Å²) in [6, 6.07) is 11.1. The number of nitrogens with two attached hydrogens (primary N) is 1. The molecule has 0 saturated heterocycles. The number of hydrogen-bond acceptors (Lipinski definition) is 6. The quantitative estimate of drug-likeness (QED) is 0.483. The molecule has 0 radical (unpaired) electrons. The van der Waals surface area contributed by atoms with Crippen molar-refractivity contribution in [1.29, 1.82) is 0 Å². The maximum Gasteiger partial charge on any atom is 0.248 e. The summed E-state index contributed by atoms with van der Waals surface area (Å²) in [7, 11) is -0.183. The molecule has 2 rings (SSSR count). The first kappa shape index (κ1) is 27.1. The number of hydrogen-bond donors (Lipinski definition) is 1. The van der Waals surface area contributed by atoms with Gasteiger partial charge in [-0.25, -0.2) is 8.42 Å². The van der Waals surface area contributed by atoms with Crippen molar-refractivity contribution in [2.45, 2.75) is 37.6 Å². The summed E-state index contributed by atoms with van der Waals surface area (Å²) in [6.07, 6.45) is 8.09. The minimum absolute atomic E-state index is 0.252. The standard InChI is InChI=1S/C26H34N2O5S/c1-6-8-20(9-7-2)25(27)26(29)28(21-12-15-23(32-3)24(18-21)33-4)17-16-19-10-13-22(14-11-19)34(5,30)31/h6,8-15,18,25H,7,16-17,27H2,1-5H3/b8-6-,20-9+. The molecule has 0 aromatic heterocycles. The van der Waals surface area contributed by atoms with Crippen LogP contribution in [0.1, 0.15) is 25.8 Å². The summed E-state index contributed by atoms with van der Waals surface area (Å²) in [6.45, 7) is 4.22. The van der Waals surface area contributed by atoms with Crippen LogP contribution in [0.3, 0.4) is 0 Å². The molecule has 0 fully saturated rings. The van der Waals surface area contributed by atoms with Gasteiger partial charge < -0.3 is 20.1 Å². The van der Waals surface area contributed by atoms with E-state index < -0.39 is 15.9 Å². The Labute approximate surface area is 202 Å². The fourth-order valence-corrected chi connectivity index (χ4v) is 4.17. The highest BCUT2D eigenvalue weighted by Crippen LogP contribution is 2.32. The molecule has 0 bridgehead atoms. The second kappa shape index (κ2) is 12.4. The molecular formula is C26H34N2O5S. The Morgan fingerprint density at radius 1 is 1.09 bits per heavy atom. The maximum atomic E-state index is 13.6. The molecule has 2 aromatic rings. The van der Waals surface area contributed by atoms with Crippen molar-refractivity contribution >= 4 is 21.4 Å². The summed E-state index contributed by atoms with van der Waals surface area (Å²) in [4.78, 5) is 15.5. The predicted molar refractivity (Wildman–Crippen MR) is 136 cm³/mol. The number of methoxy groups -OCH3 is 2. The molecule has 184 valence electrons. The second-order valence-corrected chi connectivity index (χ2v) is 9.80. The van der Waals surface area contributed by atoms with Gasteiger partial charge in [-0.05, 0) is 55.2 Å². The van der Waals surface area contributed by atoms with Gasteiger partial charge in [-0.3, -0.25) is 4.79 Å².